The van der Waals surface area contributed by atoms with E-state index in [4.69, 9.17) is 0 Å². The molecule has 0 aromatic carbocycles. The van der Waals surface area contributed by atoms with Gasteiger partial charge in [-0.2, -0.15) is 13.2 Å². The lowest BCUT2D eigenvalue weighted by Crippen LogP contribution is -2.38. The van der Waals surface area contributed by atoms with Crippen LogP contribution in [0.3, 0.4) is 0 Å². The van der Waals surface area contributed by atoms with Gasteiger partial charge < -0.3 is 5.32 Å². The standard InChI is InChI=1S/C16H28F3NO/c1-5-7-8-9-11-15(4,10-6-2)12-20-14(21)13(3)16(17,18)19/h3,5-12H2,1-2,4H3,(H,20,21). The summed E-state index contributed by atoms with van der Waals surface area (Å²) in [5.74, 6) is -1.11. The molecule has 1 amide bonds. The fourth-order valence-corrected chi connectivity index (χ4v) is 2.41. The zero-order chi connectivity index (χ0) is 16.5. The summed E-state index contributed by atoms with van der Waals surface area (Å²) in [6, 6.07) is 0. The molecule has 0 spiro atoms. The van der Waals surface area contributed by atoms with Crippen molar-refractivity contribution in [3.05, 3.63) is 12.2 Å². The maximum atomic E-state index is 12.4. The molecule has 0 fully saturated rings. The molecule has 0 radical (unpaired) electrons. The van der Waals surface area contributed by atoms with E-state index in [1.165, 1.54) is 6.42 Å². The van der Waals surface area contributed by atoms with E-state index in [0.717, 1.165) is 38.5 Å². The van der Waals surface area contributed by atoms with E-state index in [1.54, 1.807) is 0 Å². The quantitative estimate of drug-likeness (QED) is 0.447. The van der Waals surface area contributed by atoms with Crippen molar-refractivity contribution in [2.45, 2.75) is 71.9 Å². The molecule has 0 saturated heterocycles. The minimum atomic E-state index is -4.66. The van der Waals surface area contributed by atoms with E-state index in [2.05, 4.69) is 18.8 Å². The number of alkyl halides is 3. The molecule has 5 heteroatoms. The van der Waals surface area contributed by atoms with Gasteiger partial charge >= 0.3 is 6.18 Å². The molecule has 1 N–H and O–H groups in total. The highest BCUT2D eigenvalue weighted by Gasteiger charge is 2.37. The fraction of sp³-hybridized carbons (Fsp3) is 0.812. The molecule has 0 bridgehead atoms. The number of carbonyl (C=O) groups is 1. The van der Waals surface area contributed by atoms with Crippen LogP contribution in [0.4, 0.5) is 13.2 Å². The van der Waals surface area contributed by atoms with E-state index in [-0.39, 0.29) is 12.0 Å². The van der Waals surface area contributed by atoms with Gasteiger partial charge in [0.05, 0.1) is 0 Å². The Kier molecular flexibility index (Phi) is 8.67. The topological polar surface area (TPSA) is 29.1 Å². The molecular formula is C16H28F3NO. The molecule has 0 aromatic heterocycles. The largest absolute Gasteiger partial charge is 0.421 e. The first-order chi connectivity index (χ1) is 9.66. The van der Waals surface area contributed by atoms with Gasteiger partial charge in [-0.3, -0.25) is 4.79 Å². The molecule has 2 nitrogen and oxygen atoms in total. The third-order valence-electron chi connectivity index (χ3n) is 3.78. The average molecular weight is 307 g/mol. The molecule has 0 aliphatic carbocycles. The Morgan fingerprint density at radius 3 is 2.14 bits per heavy atom. The minimum absolute atomic E-state index is 0.149. The molecule has 0 saturated carbocycles. The number of amides is 1. The van der Waals surface area contributed by atoms with Gasteiger partial charge in [0.1, 0.15) is 5.57 Å². The number of hydrogen-bond donors (Lipinski definition) is 1. The average Bonchev–Trinajstić information content (AvgIpc) is 2.39. The van der Waals surface area contributed by atoms with E-state index < -0.39 is 17.7 Å². The smallest absolute Gasteiger partial charge is 0.352 e. The van der Waals surface area contributed by atoms with Crippen LogP contribution < -0.4 is 5.32 Å². The Labute approximate surface area is 126 Å². The van der Waals surface area contributed by atoms with Crippen molar-refractivity contribution in [3.8, 4) is 0 Å². The van der Waals surface area contributed by atoms with Crippen LogP contribution in [0, 0.1) is 5.41 Å². The molecule has 0 heterocycles. The lowest BCUT2D eigenvalue weighted by molar-refractivity contribution is -0.131. The number of halogens is 3. The normalized spacial score (nSPS) is 14.6. The molecule has 21 heavy (non-hydrogen) atoms. The molecule has 1 unspecified atom stereocenters. The Morgan fingerprint density at radius 1 is 1.05 bits per heavy atom. The van der Waals surface area contributed by atoms with Crippen LogP contribution in [0.15, 0.2) is 12.2 Å². The summed E-state index contributed by atoms with van der Waals surface area (Å²) in [5, 5.41) is 2.40. The van der Waals surface area contributed by atoms with Crippen LogP contribution in [0.2, 0.25) is 0 Å². The molecule has 0 aromatic rings. The minimum Gasteiger partial charge on any atom is -0.352 e. The Morgan fingerprint density at radius 2 is 1.67 bits per heavy atom. The predicted octanol–water partition coefficient (Wildman–Crippen LogP) is 5.00. The maximum absolute atomic E-state index is 12.4. The van der Waals surface area contributed by atoms with Crippen LogP contribution in [0.25, 0.3) is 0 Å². The van der Waals surface area contributed by atoms with Crippen molar-refractivity contribution in [1.82, 2.24) is 5.32 Å². The number of unbranched alkanes of at least 4 members (excludes halogenated alkanes) is 3. The zero-order valence-corrected chi connectivity index (χ0v) is 13.4. The molecule has 0 rings (SSSR count). The molecule has 1 atom stereocenters. The van der Waals surface area contributed by atoms with Crippen LogP contribution >= 0.6 is 0 Å². The van der Waals surface area contributed by atoms with Gasteiger partial charge in [-0.15, -0.1) is 0 Å². The SMILES string of the molecule is C=C(C(=O)NCC(C)(CCC)CCCCCC)C(F)(F)F. The first kappa shape index (κ1) is 20.0. The summed E-state index contributed by atoms with van der Waals surface area (Å²) >= 11 is 0. The summed E-state index contributed by atoms with van der Waals surface area (Å²) in [6.07, 6.45) is 2.57. The van der Waals surface area contributed by atoms with Crippen molar-refractivity contribution < 1.29 is 18.0 Å². The highest BCUT2D eigenvalue weighted by Crippen LogP contribution is 2.30. The van der Waals surface area contributed by atoms with Crippen LogP contribution in [0.1, 0.15) is 65.7 Å². The van der Waals surface area contributed by atoms with Crippen molar-refractivity contribution >= 4 is 5.91 Å². The second-order valence-electron chi connectivity index (χ2n) is 6.03. The summed E-state index contributed by atoms with van der Waals surface area (Å²) in [5.41, 5.74) is -1.48. The molecular weight excluding hydrogens is 279 g/mol. The Bertz CT molecular complexity index is 339. The predicted molar refractivity (Wildman–Crippen MR) is 80.0 cm³/mol. The van der Waals surface area contributed by atoms with Gasteiger partial charge in [0, 0.05) is 6.54 Å². The van der Waals surface area contributed by atoms with Crippen LogP contribution in [-0.4, -0.2) is 18.6 Å². The van der Waals surface area contributed by atoms with Gasteiger partial charge in [0.25, 0.3) is 5.91 Å². The third kappa shape index (κ3) is 8.12. The van der Waals surface area contributed by atoms with Crippen molar-refractivity contribution in [1.29, 1.82) is 0 Å². The Balaban J connectivity index is 4.42. The van der Waals surface area contributed by atoms with Crippen molar-refractivity contribution in [2.75, 3.05) is 6.54 Å². The highest BCUT2D eigenvalue weighted by molar-refractivity contribution is 5.94. The number of hydrogen-bond acceptors (Lipinski definition) is 1. The first-order valence-corrected chi connectivity index (χ1v) is 7.70. The second-order valence-corrected chi connectivity index (χ2v) is 6.03. The highest BCUT2D eigenvalue weighted by atomic mass is 19.4. The van der Waals surface area contributed by atoms with Crippen LogP contribution in [0.5, 0.6) is 0 Å². The van der Waals surface area contributed by atoms with E-state index in [0.29, 0.717) is 0 Å². The molecule has 0 aliphatic heterocycles. The van der Waals surface area contributed by atoms with Gasteiger partial charge in [0.15, 0.2) is 0 Å². The van der Waals surface area contributed by atoms with Gasteiger partial charge in [-0.1, -0.05) is 59.5 Å². The maximum Gasteiger partial charge on any atom is 0.421 e. The lowest BCUT2D eigenvalue weighted by atomic mass is 9.80. The van der Waals surface area contributed by atoms with Gasteiger partial charge in [-0.25, -0.2) is 0 Å². The zero-order valence-electron chi connectivity index (χ0n) is 13.4. The van der Waals surface area contributed by atoms with Crippen LogP contribution in [-0.2, 0) is 4.79 Å². The number of rotatable bonds is 10. The van der Waals surface area contributed by atoms with Crippen molar-refractivity contribution in [2.24, 2.45) is 5.41 Å². The third-order valence-corrected chi connectivity index (χ3v) is 3.78. The molecule has 124 valence electrons. The Hall–Kier alpha value is -1.00. The van der Waals surface area contributed by atoms with E-state index >= 15 is 0 Å². The monoisotopic (exact) mass is 307 g/mol. The molecule has 0 aliphatic rings. The fourth-order valence-electron chi connectivity index (χ4n) is 2.41. The van der Waals surface area contributed by atoms with E-state index in [9.17, 15) is 18.0 Å². The first-order valence-electron chi connectivity index (χ1n) is 7.70. The number of carbonyl (C=O) groups excluding carboxylic acids is 1. The van der Waals surface area contributed by atoms with Gasteiger partial charge in [0.2, 0.25) is 0 Å². The number of nitrogens with one attached hydrogen (secondary N) is 1. The second kappa shape index (κ2) is 9.11. The van der Waals surface area contributed by atoms with E-state index in [1.807, 2.05) is 13.8 Å². The van der Waals surface area contributed by atoms with Crippen molar-refractivity contribution in [3.63, 3.8) is 0 Å². The summed E-state index contributed by atoms with van der Waals surface area (Å²) in [7, 11) is 0. The summed E-state index contributed by atoms with van der Waals surface area (Å²) < 4.78 is 37.2. The summed E-state index contributed by atoms with van der Waals surface area (Å²) in [6.45, 7) is 9.29. The van der Waals surface area contributed by atoms with Gasteiger partial charge in [-0.05, 0) is 18.3 Å². The summed E-state index contributed by atoms with van der Waals surface area (Å²) in [4.78, 5) is 11.5. The lowest BCUT2D eigenvalue weighted by Gasteiger charge is -2.30.